The zero-order valence-corrected chi connectivity index (χ0v) is 11.4. The number of benzene rings is 1. The van der Waals surface area contributed by atoms with Crippen molar-refractivity contribution in [1.82, 2.24) is 0 Å². The molecule has 2 aliphatic carbocycles. The van der Waals surface area contributed by atoms with Gasteiger partial charge in [-0.25, -0.2) is 0 Å². The first-order valence-electron chi connectivity index (χ1n) is 7.82. The predicted molar refractivity (Wildman–Crippen MR) is 77.4 cm³/mol. The maximum absolute atomic E-state index is 2.66. The van der Waals surface area contributed by atoms with Gasteiger partial charge in [-0.05, 0) is 49.0 Å². The molecule has 0 saturated heterocycles. The molecule has 0 nitrogen and oxygen atoms in total. The van der Waals surface area contributed by atoms with Crippen molar-refractivity contribution < 1.29 is 0 Å². The molecule has 0 N–H and O–H groups in total. The summed E-state index contributed by atoms with van der Waals surface area (Å²) in [6.45, 7) is 0. The van der Waals surface area contributed by atoms with Gasteiger partial charge in [0.15, 0.2) is 0 Å². The molecule has 1 radical (unpaired) electrons. The van der Waals surface area contributed by atoms with Crippen LogP contribution in [0.25, 0.3) is 0 Å². The SMILES string of the molecule is [CH]1CC(c2ccccc2)CCC1C1CCCCC1. The Balaban J connectivity index is 1.54. The molecule has 0 amide bonds. The van der Waals surface area contributed by atoms with Crippen molar-refractivity contribution in [2.75, 3.05) is 0 Å². The smallest absolute Gasteiger partial charge is 0.0159 e. The lowest BCUT2D eigenvalue weighted by molar-refractivity contribution is 0.231. The first-order valence-corrected chi connectivity index (χ1v) is 7.82. The maximum Gasteiger partial charge on any atom is -0.0159 e. The molecule has 2 aliphatic rings. The van der Waals surface area contributed by atoms with Gasteiger partial charge in [-0.15, -0.1) is 0 Å². The van der Waals surface area contributed by atoms with Crippen LogP contribution in [-0.4, -0.2) is 0 Å². The monoisotopic (exact) mass is 241 g/mol. The summed E-state index contributed by atoms with van der Waals surface area (Å²) in [5.41, 5.74) is 1.55. The number of hydrogen-bond donors (Lipinski definition) is 0. The molecule has 1 aromatic carbocycles. The molecule has 0 heterocycles. The average molecular weight is 241 g/mol. The van der Waals surface area contributed by atoms with Crippen LogP contribution in [0.1, 0.15) is 62.8 Å². The van der Waals surface area contributed by atoms with Crippen molar-refractivity contribution in [3.05, 3.63) is 42.3 Å². The largest absolute Gasteiger partial charge is 0.0622 e. The first kappa shape index (κ1) is 12.3. The Morgan fingerprint density at radius 2 is 1.56 bits per heavy atom. The van der Waals surface area contributed by atoms with Crippen LogP contribution in [0.5, 0.6) is 0 Å². The minimum Gasteiger partial charge on any atom is -0.0622 e. The van der Waals surface area contributed by atoms with Crippen LogP contribution in [-0.2, 0) is 0 Å². The normalized spacial score (nSPS) is 30.2. The lowest BCUT2D eigenvalue weighted by Gasteiger charge is -2.35. The molecule has 18 heavy (non-hydrogen) atoms. The minimum atomic E-state index is 0.797. The van der Waals surface area contributed by atoms with Gasteiger partial charge in [0.1, 0.15) is 0 Å². The van der Waals surface area contributed by atoms with Gasteiger partial charge in [-0.1, -0.05) is 62.4 Å². The fraction of sp³-hybridized carbons (Fsp3) is 0.611. The molecule has 0 aliphatic heterocycles. The van der Waals surface area contributed by atoms with Crippen molar-refractivity contribution in [3.63, 3.8) is 0 Å². The zero-order chi connectivity index (χ0) is 12.2. The molecule has 0 heteroatoms. The minimum absolute atomic E-state index is 0.797. The molecular formula is C18H25. The van der Waals surface area contributed by atoms with Gasteiger partial charge in [0.2, 0.25) is 0 Å². The third-order valence-electron chi connectivity index (χ3n) is 5.10. The topological polar surface area (TPSA) is 0 Å². The quantitative estimate of drug-likeness (QED) is 0.654. The highest BCUT2D eigenvalue weighted by atomic mass is 14.3. The summed E-state index contributed by atoms with van der Waals surface area (Å²) >= 11 is 0. The fourth-order valence-electron chi connectivity index (χ4n) is 3.99. The highest BCUT2D eigenvalue weighted by molar-refractivity contribution is 5.21. The van der Waals surface area contributed by atoms with Crippen molar-refractivity contribution in [2.24, 2.45) is 11.8 Å². The zero-order valence-electron chi connectivity index (χ0n) is 11.4. The van der Waals surface area contributed by atoms with Crippen molar-refractivity contribution in [3.8, 4) is 0 Å². The Kier molecular flexibility index (Phi) is 4.02. The van der Waals surface area contributed by atoms with Crippen molar-refractivity contribution >= 4 is 0 Å². The van der Waals surface area contributed by atoms with E-state index in [4.69, 9.17) is 0 Å². The standard InChI is InChI=1S/C18H25/c1-3-7-15(8-4-1)17-11-13-18(14-12-17)16-9-5-2-6-10-16/h1,3-4,7-8,13,16-18H,2,5-6,9-12,14H2. The summed E-state index contributed by atoms with van der Waals surface area (Å²) in [4.78, 5) is 0. The second-order valence-electron chi connectivity index (χ2n) is 6.22. The van der Waals surface area contributed by atoms with Crippen LogP contribution in [0, 0.1) is 18.3 Å². The van der Waals surface area contributed by atoms with E-state index in [0.717, 1.165) is 17.8 Å². The third-order valence-corrected chi connectivity index (χ3v) is 5.10. The Hall–Kier alpha value is -0.780. The highest BCUT2D eigenvalue weighted by Crippen LogP contribution is 2.42. The van der Waals surface area contributed by atoms with Crippen molar-refractivity contribution in [1.29, 1.82) is 0 Å². The van der Waals surface area contributed by atoms with Crippen LogP contribution >= 0.6 is 0 Å². The summed E-state index contributed by atoms with van der Waals surface area (Å²) in [6, 6.07) is 11.1. The van der Waals surface area contributed by atoms with Gasteiger partial charge in [-0.3, -0.25) is 0 Å². The molecule has 0 aromatic heterocycles. The fourth-order valence-corrected chi connectivity index (χ4v) is 3.99. The summed E-state index contributed by atoms with van der Waals surface area (Å²) < 4.78 is 0. The average Bonchev–Trinajstić information content (AvgIpc) is 2.49. The molecule has 0 bridgehead atoms. The molecular weight excluding hydrogens is 216 g/mol. The van der Waals surface area contributed by atoms with Gasteiger partial charge in [0.25, 0.3) is 0 Å². The molecule has 2 atom stereocenters. The third kappa shape index (κ3) is 2.79. The van der Waals surface area contributed by atoms with Crippen LogP contribution < -0.4 is 0 Å². The maximum atomic E-state index is 2.66. The Labute approximate surface area is 112 Å². The lowest BCUT2D eigenvalue weighted by atomic mass is 9.70. The van der Waals surface area contributed by atoms with E-state index in [1.54, 1.807) is 5.56 Å². The summed E-state index contributed by atoms with van der Waals surface area (Å²) in [7, 11) is 0. The molecule has 2 fully saturated rings. The van der Waals surface area contributed by atoms with Gasteiger partial charge in [-0.2, -0.15) is 0 Å². The first-order chi connectivity index (χ1) is 8.93. The van der Waals surface area contributed by atoms with Crippen LogP contribution in [0.15, 0.2) is 30.3 Å². The van der Waals surface area contributed by atoms with E-state index < -0.39 is 0 Å². The predicted octanol–water partition coefficient (Wildman–Crippen LogP) is 5.35. The summed E-state index contributed by atoms with van der Waals surface area (Å²) in [5, 5.41) is 0. The van der Waals surface area contributed by atoms with E-state index in [1.165, 1.54) is 51.4 Å². The van der Waals surface area contributed by atoms with E-state index in [-0.39, 0.29) is 0 Å². The molecule has 3 rings (SSSR count). The summed E-state index contributed by atoms with van der Waals surface area (Å²) in [5.74, 6) is 2.76. The Morgan fingerprint density at radius 3 is 2.22 bits per heavy atom. The van der Waals surface area contributed by atoms with Crippen LogP contribution in [0.4, 0.5) is 0 Å². The van der Waals surface area contributed by atoms with E-state index in [1.807, 2.05) is 0 Å². The molecule has 0 spiro atoms. The van der Waals surface area contributed by atoms with E-state index in [0.29, 0.717) is 0 Å². The Bertz CT molecular complexity index is 340. The van der Waals surface area contributed by atoms with Gasteiger partial charge >= 0.3 is 0 Å². The molecule has 2 saturated carbocycles. The molecule has 1 aromatic rings. The van der Waals surface area contributed by atoms with E-state index in [2.05, 4.69) is 36.8 Å². The lowest BCUT2D eigenvalue weighted by Crippen LogP contribution is -2.23. The highest BCUT2D eigenvalue weighted by Gasteiger charge is 2.28. The second kappa shape index (κ2) is 5.91. The van der Waals surface area contributed by atoms with Gasteiger partial charge in [0.05, 0.1) is 0 Å². The van der Waals surface area contributed by atoms with Gasteiger partial charge in [0, 0.05) is 0 Å². The van der Waals surface area contributed by atoms with E-state index >= 15 is 0 Å². The van der Waals surface area contributed by atoms with Crippen molar-refractivity contribution in [2.45, 2.75) is 57.3 Å². The van der Waals surface area contributed by atoms with Crippen LogP contribution in [0.3, 0.4) is 0 Å². The van der Waals surface area contributed by atoms with E-state index in [9.17, 15) is 0 Å². The van der Waals surface area contributed by atoms with Gasteiger partial charge < -0.3 is 0 Å². The summed E-state index contributed by atoms with van der Waals surface area (Å²) in [6.07, 6.45) is 14.3. The number of rotatable bonds is 2. The molecule has 2 unspecified atom stereocenters. The second-order valence-corrected chi connectivity index (χ2v) is 6.22. The Morgan fingerprint density at radius 1 is 0.778 bits per heavy atom. The van der Waals surface area contributed by atoms with Crippen LogP contribution in [0.2, 0.25) is 0 Å². The molecule has 97 valence electrons. The number of hydrogen-bond acceptors (Lipinski definition) is 0.